The fourth-order valence-electron chi connectivity index (χ4n) is 0.288. The molecule has 60 valence electrons. The van der Waals surface area contributed by atoms with Crippen LogP contribution in [0, 0.1) is 10.1 Å². The second-order valence-corrected chi connectivity index (χ2v) is 3.84. The van der Waals surface area contributed by atoms with E-state index in [0.29, 0.717) is 0 Å². The third kappa shape index (κ3) is 1.83. The van der Waals surface area contributed by atoms with Crippen LogP contribution in [-0.2, 0) is 10.0 Å². The topological polar surface area (TPSA) is 80.5 Å². The van der Waals surface area contributed by atoms with Crippen molar-refractivity contribution in [3.63, 3.8) is 0 Å². The Morgan fingerprint density at radius 1 is 1.60 bits per heavy atom. The molecule has 0 fully saturated rings. The Kier molecular flexibility index (Phi) is 2.58. The van der Waals surface area contributed by atoms with E-state index in [1.54, 1.807) is 0 Å². The van der Waals surface area contributed by atoms with Crippen LogP contribution in [-0.4, -0.2) is 30.7 Å². The molecule has 0 aromatic carbocycles. The summed E-state index contributed by atoms with van der Waals surface area (Å²) in [7, 11) is -2.76. The van der Waals surface area contributed by atoms with Gasteiger partial charge in [0.05, 0.1) is 12.8 Å². The normalized spacial score (nSPS) is 11.0. The number of hydrogen-bond acceptors (Lipinski definition) is 4. The number of hydrazine groups is 1. The van der Waals surface area contributed by atoms with E-state index in [9.17, 15) is 18.5 Å². The van der Waals surface area contributed by atoms with E-state index in [1.807, 2.05) is 0 Å². The van der Waals surface area contributed by atoms with Gasteiger partial charge in [-0.25, -0.2) is 18.5 Å². The second-order valence-electron chi connectivity index (χ2n) is 1.57. The Hall–Kier alpha value is -0.850. The van der Waals surface area contributed by atoms with E-state index < -0.39 is 15.1 Å². The molecule has 0 amide bonds. The van der Waals surface area contributed by atoms with Crippen molar-refractivity contribution < 1.29 is 13.5 Å². The van der Waals surface area contributed by atoms with E-state index in [2.05, 4.69) is 0 Å². The molecular weight excluding hydrogens is 160 g/mol. The minimum Gasteiger partial charge on any atom is -0.234 e. The molecule has 0 heterocycles. The van der Waals surface area contributed by atoms with E-state index in [4.69, 9.17) is 0 Å². The van der Waals surface area contributed by atoms with Crippen molar-refractivity contribution in [2.75, 3.05) is 12.8 Å². The van der Waals surface area contributed by atoms with Crippen LogP contribution in [0.25, 0.3) is 0 Å². The highest BCUT2D eigenvalue weighted by Crippen LogP contribution is 1.95. The van der Waals surface area contributed by atoms with Gasteiger partial charge in [0.1, 0.15) is 0 Å². The fourth-order valence-corrected chi connectivity index (χ4v) is 0.865. The van der Waals surface area contributed by atoms with Gasteiger partial charge in [0.25, 0.3) is 10.0 Å². The highest BCUT2D eigenvalue weighted by molar-refractivity contribution is 7.88. The van der Waals surface area contributed by atoms with Gasteiger partial charge in [-0.05, 0) is 11.3 Å². The molecule has 0 saturated carbocycles. The highest BCUT2D eigenvalue weighted by Gasteiger charge is 2.22. The summed E-state index contributed by atoms with van der Waals surface area (Å²) in [6.07, 6.45) is 0. The molecule has 0 bridgehead atoms. The van der Waals surface area contributed by atoms with Crippen LogP contribution in [0.15, 0.2) is 0 Å². The van der Waals surface area contributed by atoms with Crippen molar-refractivity contribution in [3.05, 3.63) is 10.1 Å². The summed E-state index contributed by atoms with van der Waals surface area (Å²) in [5.74, 6) is -0.259. The number of nitrogens with zero attached hydrogens (tertiary/aromatic N) is 2. The van der Waals surface area contributed by atoms with Crippen molar-refractivity contribution in [2.45, 2.75) is 6.92 Å². The molecule has 0 spiro atoms. The summed E-state index contributed by atoms with van der Waals surface area (Å²) in [5.41, 5.74) is 0. The predicted octanol–water partition coefficient (Wildman–Crippen LogP) is -0.540. The summed E-state index contributed by atoms with van der Waals surface area (Å²) in [5, 5.41) is 8.88. The van der Waals surface area contributed by atoms with Gasteiger partial charge >= 0.3 is 0 Å². The molecule has 10 heavy (non-hydrogen) atoms. The molecule has 0 aromatic heterocycles. The lowest BCUT2D eigenvalue weighted by molar-refractivity contribution is -0.613. The lowest BCUT2D eigenvalue weighted by atomic mass is 11.0. The summed E-state index contributed by atoms with van der Waals surface area (Å²) in [6, 6.07) is 0. The van der Waals surface area contributed by atoms with Crippen molar-refractivity contribution in [3.8, 4) is 0 Å². The first-order valence-electron chi connectivity index (χ1n) is 2.52. The largest absolute Gasteiger partial charge is 0.283 e. The van der Waals surface area contributed by atoms with Gasteiger partial charge in [-0.15, -0.1) is 0 Å². The number of sulfonamides is 1. The zero-order valence-corrected chi connectivity index (χ0v) is 6.46. The first-order valence-corrected chi connectivity index (χ1v) is 4.13. The average Bonchev–Trinajstić information content (AvgIpc) is 1.86. The van der Waals surface area contributed by atoms with E-state index in [0.717, 1.165) is 7.05 Å². The van der Waals surface area contributed by atoms with E-state index in [-0.39, 0.29) is 10.2 Å². The Balaban J connectivity index is 4.51. The number of rotatable bonds is 3. The number of nitro groups is 1. The molecule has 0 saturated heterocycles. The Morgan fingerprint density at radius 2 is 2.00 bits per heavy atom. The van der Waals surface area contributed by atoms with E-state index in [1.165, 1.54) is 6.92 Å². The van der Waals surface area contributed by atoms with Crippen LogP contribution in [0.4, 0.5) is 0 Å². The quantitative estimate of drug-likeness (QED) is 0.418. The maximum Gasteiger partial charge on any atom is 0.283 e. The molecule has 0 N–H and O–H groups in total. The van der Waals surface area contributed by atoms with Crippen LogP contribution >= 0.6 is 0 Å². The Morgan fingerprint density at radius 3 is 2.10 bits per heavy atom. The molecule has 0 aromatic rings. The SMILES string of the molecule is CCS(=O)(=O)N(C)[N+](=O)[O-]. The fraction of sp³-hybridized carbons (Fsp3) is 1.00. The zero-order chi connectivity index (χ0) is 8.36. The molecule has 0 rings (SSSR count). The maximum absolute atomic E-state index is 10.6. The third-order valence-corrected chi connectivity index (χ3v) is 2.67. The van der Waals surface area contributed by atoms with Gasteiger partial charge in [-0.2, -0.15) is 0 Å². The van der Waals surface area contributed by atoms with Crippen molar-refractivity contribution in [1.29, 1.82) is 0 Å². The minimum atomic E-state index is -3.66. The smallest absolute Gasteiger partial charge is 0.234 e. The van der Waals surface area contributed by atoms with Gasteiger partial charge < -0.3 is 0 Å². The molecule has 0 aliphatic rings. The summed E-state index contributed by atoms with van der Waals surface area (Å²) in [6.45, 7) is 1.34. The van der Waals surface area contributed by atoms with Crippen molar-refractivity contribution >= 4 is 10.0 Å². The average molecular weight is 168 g/mol. The lowest BCUT2D eigenvalue weighted by Gasteiger charge is -2.05. The molecule has 0 unspecified atom stereocenters. The third-order valence-electron chi connectivity index (χ3n) is 0.997. The molecule has 0 aliphatic carbocycles. The van der Waals surface area contributed by atoms with Crippen molar-refractivity contribution in [1.82, 2.24) is 4.41 Å². The van der Waals surface area contributed by atoms with Gasteiger partial charge in [0, 0.05) is 0 Å². The first kappa shape index (κ1) is 9.15. The summed E-state index contributed by atoms with van der Waals surface area (Å²) < 4.78 is 21.4. The first-order chi connectivity index (χ1) is 4.41. The molecule has 0 aliphatic heterocycles. The Labute approximate surface area is 58.6 Å². The summed E-state index contributed by atoms with van der Waals surface area (Å²) >= 11 is 0. The molecular formula is C3H8N2O4S. The predicted molar refractivity (Wildman–Crippen MR) is 34.2 cm³/mol. The van der Waals surface area contributed by atoms with Crippen LogP contribution in [0.1, 0.15) is 6.92 Å². The molecule has 0 atom stereocenters. The second kappa shape index (κ2) is 2.82. The Bertz CT molecular complexity index is 221. The van der Waals surface area contributed by atoms with Crippen LogP contribution in [0.3, 0.4) is 0 Å². The standard InChI is InChI=1S/C3H8N2O4S/c1-3-10(8,9)4(2)5(6)7/h3H2,1-2H3. The van der Waals surface area contributed by atoms with E-state index >= 15 is 0 Å². The minimum absolute atomic E-state index is 0.104. The lowest BCUT2D eigenvalue weighted by Crippen LogP contribution is -2.33. The van der Waals surface area contributed by atoms with Gasteiger partial charge in [-0.3, -0.25) is 0 Å². The van der Waals surface area contributed by atoms with Crippen molar-refractivity contribution in [2.24, 2.45) is 0 Å². The van der Waals surface area contributed by atoms with Gasteiger partial charge in [0.2, 0.25) is 0 Å². The van der Waals surface area contributed by atoms with Gasteiger partial charge in [-0.1, -0.05) is 0 Å². The van der Waals surface area contributed by atoms with Gasteiger partial charge in [0.15, 0.2) is 5.03 Å². The van der Waals surface area contributed by atoms with Crippen LogP contribution in [0.5, 0.6) is 0 Å². The maximum atomic E-state index is 10.6. The monoisotopic (exact) mass is 168 g/mol. The highest BCUT2D eigenvalue weighted by atomic mass is 32.2. The van der Waals surface area contributed by atoms with Crippen LogP contribution < -0.4 is 0 Å². The zero-order valence-electron chi connectivity index (χ0n) is 5.64. The molecule has 7 heteroatoms. The molecule has 0 radical (unpaired) electrons. The summed E-state index contributed by atoms with van der Waals surface area (Å²) in [4.78, 5) is 9.86. The van der Waals surface area contributed by atoms with Crippen LogP contribution in [0.2, 0.25) is 0 Å². The molecule has 6 nitrogen and oxygen atoms in total. The number of hydrogen-bond donors (Lipinski definition) is 0.